The molecule has 1 aromatic carbocycles. The summed E-state index contributed by atoms with van der Waals surface area (Å²) in [5.74, 6) is -1.37. The molecule has 0 radical (unpaired) electrons. The molecule has 0 bridgehead atoms. The molecule has 1 aliphatic carbocycles. The van der Waals surface area contributed by atoms with Crippen molar-refractivity contribution in [3.63, 3.8) is 0 Å². The molecule has 5 heterocycles. The highest BCUT2D eigenvalue weighted by Gasteiger charge is 2.50. The maximum Gasteiger partial charge on any atom is 0.318 e. The lowest BCUT2D eigenvalue weighted by Crippen LogP contribution is -2.57. The zero-order valence-electron chi connectivity index (χ0n) is 25.6. The summed E-state index contributed by atoms with van der Waals surface area (Å²) in [7, 11) is 2.05. The normalized spacial score (nSPS) is 29.4. The molecule has 5 aliphatic rings. The highest BCUT2D eigenvalue weighted by molar-refractivity contribution is 5.91. The lowest BCUT2D eigenvalue weighted by atomic mass is 9.81. The molecular formula is C33H38F3N7O2. The molecule has 3 saturated heterocycles. The van der Waals surface area contributed by atoms with Crippen LogP contribution < -0.4 is 9.64 Å². The van der Waals surface area contributed by atoms with Crippen LogP contribution in [0.15, 0.2) is 30.6 Å². The first-order valence-corrected chi connectivity index (χ1v) is 15.8. The zero-order chi connectivity index (χ0) is 31.5. The number of hydrogen-bond acceptors (Lipinski definition) is 7. The lowest BCUT2D eigenvalue weighted by Gasteiger charge is -2.46. The third kappa shape index (κ3) is 4.95. The number of anilines is 1. The molecule has 4 aliphatic heterocycles. The number of piperazine rings is 1. The van der Waals surface area contributed by atoms with Crippen LogP contribution in [-0.2, 0) is 29.7 Å². The first-order chi connectivity index (χ1) is 21.6. The van der Waals surface area contributed by atoms with Crippen LogP contribution in [0.1, 0.15) is 48.1 Å². The molecular weight excluding hydrogens is 583 g/mol. The standard InChI is InChI=1S/C33H38F3N7O2/c1-21(34)30(44)43-13-12-41(18-23(43)16-37-2)29-25-19-40(3)33(10-8-24-26(33)6-4-7-27(24)36)15-28(25)38-31(39-29)45-20-32-9-5-11-42(32)17-22(35)14-32/h4,6-7,22-23H,1,5,8-20H2,3H3/t22-,23+,32+,33?/m1/s1. The number of fused-ring (bicyclic) bond motifs is 4. The molecule has 3 fully saturated rings. The van der Waals surface area contributed by atoms with Gasteiger partial charge in [0.2, 0.25) is 6.54 Å². The Balaban J connectivity index is 1.25. The summed E-state index contributed by atoms with van der Waals surface area (Å²) >= 11 is 0. The lowest BCUT2D eigenvalue weighted by molar-refractivity contribution is -0.131. The van der Waals surface area contributed by atoms with E-state index in [0.29, 0.717) is 44.7 Å². The number of carbonyl (C=O) groups is 1. The summed E-state index contributed by atoms with van der Waals surface area (Å²) < 4.78 is 49.6. The van der Waals surface area contributed by atoms with E-state index in [0.717, 1.165) is 48.2 Å². The maximum atomic E-state index is 14.9. The molecule has 7 rings (SSSR count). The van der Waals surface area contributed by atoms with Crippen molar-refractivity contribution >= 4 is 11.7 Å². The molecule has 238 valence electrons. The summed E-state index contributed by atoms with van der Waals surface area (Å²) in [6.07, 6.45) is 3.33. The van der Waals surface area contributed by atoms with E-state index >= 15 is 0 Å². The molecule has 0 saturated carbocycles. The van der Waals surface area contributed by atoms with Gasteiger partial charge in [-0.3, -0.25) is 14.6 Å². The number of aromatic nitrogens is 2. The minimum atomic E-state index is -1.04. The van der Waals surface area contributed by atoms with Crippen LogP contribution in [0, 0.1) is 12.4 Å². The van der Waals surface area contributed by atoms with Crippen molar-refractivity contribution in [2.75, 3.05) is 57.8 Å². The molecule has 45 heavy (non-hydrogen) atoms. The van der Waals surface area contributed by atoms with E-state index in [1.165, 1.54) is 11.0 Å². The number of carbonyl (C=O) groups excluding carboxylic acids is 1. The van der Waals surface area contributed by atoms with Gasteiger partial charge < -0.3 is 19.4 Å². The Kier molecular flexibility index (Phi) is 7.52. The molecule has 1 spiro atoms. The predicted octanol–water partition coefficient (Wildman–Crippen LogP) is 3.82. The average molecular weight is 622 g/mol. The fourth-order valence-corrected chi connectivity index (χ4v) is 8.61. The largest absolute Gasteiger partial charge is 0.461 e. The number of halogens is 3. The van der Waals surface area contributed by atoms with Crippen LogP contribution in [0.4, 0.5) is 19.0 Å². The SMILES string of the molecule is [C-]#[N+]C[C@H]1CN(c2nc(OC[C@@]34CCCN3C[C@H](F)C4)nc3c2CN(C)C2(CCc4c(F)cccc42)C3)CCN1C(=O)C(=C)F. The van der Waals surface area contributed by atoms with Crippen molar-refractivity contribution in [1.82, 2.24) is 24.7 Å². The first kappa shape index (κ1) is 30.0. The van der Waals surface area contributed by atoms with Gasteiger partial charge >= 0.3 is 6.01 Å². The number of hydrogen-bond donors (Lipinski definition) is 0. The quantitative estimate of drug-likeness (QED) is 0.359. The van der Waals surface area contributed by atoms with E-state index in [9.17, 15) is 18.0 Å². The van der Waals surface area contributed by atoms with E-state index in [1.807, 2.05) is 18.0 Å². The van der Waals surface area contributed by atoms with E-state index in [-0.39, 0.29) is 43.6 Å². The van der Waals surface area contributed by atoms with Gasteiger partial charge in [0.25, 0.3) is 5.91 Å². The number of amides is 1. The van der Waals surface area contributed by atoms with Crippen molar-refractivity contribution < 1.29 is 22.7 Å². The first-order valence-electron chi connectivity index (χ1n) is 15.8. The van der Waals surface area contributed by atoms with Gasteiger partial charge in [0.1, 0.15) is 30.5 Å². The third-order valence-electron chi connectivity index (χ3n) is 10.9. The number of benzene rings is 1. The second kappa shape index (κ2) is 11.3. The van der Waals surface area contributed by atoms with Crippen molar-refractivity contribution in [3.05, 3.63) is 70.2 Å². The van der Waals surface area contributed by atoms with Gasteiger partial charge in [-0.15, -0.1) is 0 Å². The highest BCUT2D eigenvalue weighted by Crippen LogP contribution is 2.49. The molecule has 1 aromatic heterocycles. The number of rotatable bonds is 6. The van der Waals surface area contributed by atoms with E-state index in [4.69, 9.17) is 21.3 Å². The third-order valence-corrected chi connectivity index (χ3v) is 10.9. The van der Waals surface area contributed by atoms with Gasteiger partial charge in [0, 0.05) is 51.1 Å². The molecule has 4 atom stereocenters. The Morgan fingerprint density at radius 1 is 1.20 bits per heavy atom. The van der Waals surface area contributed by atoms with Crippen molar-refractivity contribution in [2.24, 2.45) is 0 Å². The summed E-state index contributed by atoms with van der Waals surface area (Å²) in [6, 6.07) is 4.95. The van der Waals surface area contributed by atoms with E-state index in [2.05, 4.69) is 21.2 Å². The van der Waals surface area contributed by atoms with Crippen molar-refractivity contribution in [3.8, 4) is 6.01 Å². The Morgan fingerprint density at radius 3 is 2.84 bits per heavy atom. The molecule has 2 aromatic rings. The number of ether oxygens (including phenoxy) is 1. The van der Waals surface area contributed by atoms with Crippen LogP contribution >= 0.6 is 0 Å². The summed E-state index contributed by atoms with van der Waals surface area (Å²) in [5.41, 5.74) is 2.66. The Morgan fingerprint density at radius 2 is 2.04 bits per heavy atom. The average Bonchev–Trinajstić information content (AvgIpc) is 3.67. The van der Waals surface area contributed by atoms with Gasteiger partial charge in [-0.25, -0.2) is 19.7 Å². The summed E-state index contributed by atoms with van der Waals surface area (Å²) in [4.78, 5) is 33.9. The van der Waals surface area contributed by atoms with Crippen LogP contribution in [-0.4, -0.2) is 101 Å². The van der Waals surface area contributed by atoms with Crippen molar-refractivity contribution in [2.45, 2.75) is 68.4 Å². The monoisotopic (exact) mass is 621 g/mol. The molecule has 12 heteroatoms. The number of likely N-dealkylation sites (N-methyl/N-ethyl adjacent to an activating group) is 1. The molecule has 1 unspecified atom stereocenters. The fraction of sp³-hybridized carbons (Fsp3) is 0.576. The highest BCUT2D eigenvalue weighted by atomic mass is 19.1. The zero-order valence-corrected chi connectivity index (χ0v) is 25.6. The summed E-state index contributed by atoms with van der Waals surface area (Å²) in [5, 5.41) is 0. The van der Waals surface area contributed by atoms with E-state index in [1.54, 1.807) is 6.07 Å². The minimum Gasteiger partial charge on any atom is -0.461 e. The molecule has 9 nitrogen and oxygen atoms in total. The Bertz CT molecular complexity index is 1580. The topological polar surface area (TPSA) is 69.4 Å². The smallest absolute Gasteiger partial charge is 0.318 e. The summed E-state index contributed by atoms with van der Waals surface area (Å²) in [6.45, 7) is 13.6. The molecule has 1 amide bonds. The Hall–Kier alpha value is -3.69. The van der Waals surface area contributed by atoms with Gasteiger partial charge in [-0.05, 0) is 56.5 Å². The van der Waals surface area contributed by atoms with Gasteiger partial charge in [0.15, 0.2) is 5.83 Å². The van der Waals surface area contributed by atoms with Crippen LogP contribution in [0.5, 0.6) is 6.01 Å². The van der Waals surface area contributed by atoms with Crippen LogP contribution in [0.2, 0.25) is 0 Å². The Labute approximate surface area is 261 Å². The molecule has 0 N–H and O–H groups in total. The second-order valence-electron chi connectivity index (χ2n) is 13.3. The van der Waals surface area contributed by atoms with Gasteiger partial charge in [-0.2, -0.15) is 9.97 Å². The number of nitrogens with zero attached hydrogens (tertiary/aromatic N) is 7. The van der Waals surface area contributed by atoms with Crippen LogP contribution in [0.25, 0.3) is 4.85 Å². The van der Waals surface area contributed by atoms with Gasteiger partial charge in [0.05, 0.1) is 16.8 Å². The van der Waals surface area contributed by atoms with Crippen LogP contribution in [0.3, 0.4) is 0 Å². The van der Waals surface area contributed by atoms with E-state index < -0.39 is 29.5 Å². The fourth-order valence-electron chi connectivity index (χ4n) is 8.61. The van der Waals surface area contributed by atoms with Gasteiger partial charge in [-0.1, -0.05) is 18.7 Å². The maximum absolute atomic E-state index is 14.9. The second-order valence-corrected chi connectivity index (χ2v) is 13.3. The minimum absolute atomic E-state index is 0.0142. The van der Waals surface area contributed by atoms with Crippen molar-refractivity contribution in [1.29, 1.82) is 0 Å². The predicted molar refractivity (Wildman–Crippen MR) is 162 cm³/mol. The number of alkyl halides is 1.